The molecule has 0 bridgehead atoms. The van der Waals surface area contributed by atoms with E-state index in [1.54, 1.807) is 6.20 Å². The van der Waals surface area contributed by atoms with Gasteiger partial charge in [0.1, 0.15) is 9.84 Å². The molecule has 0 saturated heterocycles. The third kappa shape index (κ3) is 6.12. The summed E-state index contributed by atoms with van der Waals surface area (Å²) in [6, 6.07) is 5.97. The maximum Gasteiger partial charge on any atom is 0.147 e. The van der Waals surface area contributed by atoms with Crippen LogP contribution in [0.2, 0.25) is 0 Å². The van der Waals surface area contributed by atoms with Gasteiger partial charge in [-0.3, -0.25) is 4.98 Å². The predicted octanol–water partition coefficient (Wildman–Crippen LogP) is 1.95. The normalized spacial score (nSPS) is 13.4. The maximum atomic E-state index is 11.1. The van der Waals surface area contributed by atoms with Crippen molar-refractivity contribution in [2.75, 3.05) is 18.6 Å². The minimum Gasteiger partial charge on any atom is -0.309 e. The first-order chi connectivity index (χ1) is 8.53. The fraction of sp³-hybridized carbons (Fsp3) is 0.615. The summed E-state index contributed by atoms with van der Waals surface area (Å²) in [5.74, 6) is 0.240. The van der Waals surface area contributed by atoms with Crippen molar-refractivity contribution in [1.29, 1.82) is 0 Å². The average molecular weight is 270 g/mol. The van der Waals surface area contributed by atoms with Crippen molar-refractivity contribution in [2.24, 2.45) is 0 Å². The van der Waals surface area contributed by atoms with Crippen molar-refractivity contribution in [3.8, 4) is 0 Å². The highest BCUT2D eigenvalue weighted by atomic mass is 32.2. The van der Waals surface area contributed by atoms with E-state index in [0.717, 1.165) is 25.1 Å². The lowest BCUT2D eigenvalue weighted by Gasteiger charge is -2.17. The average Bonchev–Trinajstić information content (AvgIpc) is 2.33. The van der Waals surface area contributed by atoms with E-state index in [9.17, 15) is 8.42 Å². The van der Waals surface area contributed by atoms with Crippen LogP contribution in [0.3, 0.4) is 0 Å². The number of aromatic nitrogens is 1. The lowest BCUT2D eigenvalue weighted by atomic mass is 10.1. The highest BCUT2D eigenvalue weighted by Gasteiger charge is 2.12. The van der Waals surface area contributed by atoms with Crippen molar-refractivity contribution in [1.82, 2.24) is 10.3 Å². The molecule has 0 aliphatic carbocycles. The number of sulfone groups is 1. The van der Waals surface area contributed by atoms with Crippen molar-refractivity contribution in [2.45, 2.75) is 32.2 Å². The van der Waals surface area contributed by atoms with Crippen LogP contribution in [-0.4, -0.2) is 32.0 Å². The van der Waals surface area contributed by atoms with Crippen LogP contribution in [0.5, 0.6) is 0 Å². The lowest BCUT2D eigenvalue weighted by molar-refractivity contribution is 0.482. The second kappa shape index (κ2) is 7.48. The Balaban J connectivity index is 2.56. The number of hydrogen-bond donors (Lipinski definition) is 1. The third-order valence-electron chi connectivity index (χ3n) is 2.69. The first-order valence-corrected chi connectivity index (χ1v) is 8.41. The Morgan fingerprint density at radius 1 is 1.39 bits per heavy atom. The van der Waals surface area contributed by atoms with Crippen LogP contribution >= 0.6 is 0 Å². The van der Waals surface area contributed by atoms with Gasteiger partial charge in [0.05, 0.1) is 5.69 Å². The van der Waals surface area contributed by atoms with Gasteiger partial charge in [0.25, 0.3) is 0 Å². The second-order valence-electron chi connectivity index (χ2n) is 4.53. The Bertz CT molecular complexity index is 432. The molecule has 0 aliphatic heterocycles. The summed E-state index contributed by atoms with van der Waals surface area (Å²) in [5.41, 5.74) is 0.986. The van der Waals surface area contributed by atoms with Crippen LogP contribution in [0, 0.1) is 0 Å². The van der Waals surface area contributed by atoms with E-state index in [2.05, 4.69) is 17.2 Å². The number of pyridine rings is 1. The zero-order valence-corrected chi connectivity index (χ0v) is 11.9. The monoisotopic (exact) mass is 270 g/mol. The van der Waals surface area contributed by atoms with Crippen molar-refractivity contribution in [3.63, 3.8) is 0 Å². The van der Waals surface area contributed by atoms with Crippen molar-refractivity contribution >= 4 is 9.84 Å². The van der Waals surface area contributed by atoms with Gasteiger partial charge < -0.3 is 5.32 Å². The van der Waals surface area contributed by atoms with Gasteiger partial charge in [-0.25, -0.2) is 8.42 Å². The Morgan fingerprint density at radius 3 is 2.72 bits per heavy atom. The smallest absolute Gasteiger partial charge is 0.147 e. The standard InChI is InChI=1S/C13H22N2O2S/c1-3-9-14-13(8-6-11-18(2,16)17)12-7-4-5-10-15-12/h4-5,7,10,13-14H,3,6,8-9,11H2,1-2H3. The predicted molar refractivity (Wildman–Crippen MR) is 74.2 cm³/mol. The van der Waals surface area contributed by atoms with Gasteiger partial charge >= 0.3 is 0 Å². The van der Waals surface area contributed by atoms with Crippen LogP contribution < -0.4 is 5.32 Å². The van der Waals surface area contributed by atoms with Crippen molar-refractivity contribution in [3.05, 3.63) is 30.1 Å². The van der Waals surface area contributed by atoms with Gasteiger partial charge in [0.2, 0.25) is 0 Å². The van der Waals surface area contributed by atoms with E-state index < -0.39 is 9.84 Å². The van der Waals surface area contributed by atoms with E-state index in [4.69, 9.17) is 0 Å². The van der Waals surface area contributed by atoms with Crippen LogP contribution in [0.25, 0.3) is 0 Å². The van der Waals surface area contributed by atoms with Crippen LogP contribution in [-0.2, 0) is 9.84 Å². The molecule has 0 aromatic carbocycles. The highest BCUT2D eigenvalue weighted by Crippen LogP contribution is 2.16. The van der Waals surface area contributed by atoms with E-state index in [0.29, 0.717) is 6.42 Å². The Hall–Kier alpha value is -0.940. The Labute approximate surface area is 110 Å². The summed E-state index contributed by atoms with van der Waals surface area (Å²) < 4.78 is 22.3. The fourth-order valence-corrected chi connectivity index (χ4v) is 2.50. The van der Waals surface area contributed by atoms with Gasteiger partial charge in [-0.15, -0.1) is 0 Å². The Morgan fingerprint density at radius 2 is 2.17 bits per heavy atom. The molecule has 1 atom stereocenters. The van der Waals surface area contributed by atoms with Crippen LogP contribution in [0.4, 0.5) is 0 Å². The van der Waals surface area contributed by atoms with Gasteiger partial charge in [-0.2, -0.15) is 0 Å². The minimum absolute atomic E-state index is 0.146. The summed E-state index contributed by atoms with van der Waals surface area (Å²) in [6.45, 7) is 3.03. The molecule has 0 amide bonds. The first-order valence-electron chi connectivity index (χ1n) is 6.35. The molecular weight excluding hydrogens is 248 g/mol. The van der Waals surface area contributed by atoms with Crippen molar-refractivity contribution < 1.29 is 8.42 Å². The van der Waals surface area contributed by atoms with E-state index in [-0.39, 0.29) is 11.8 Å². The summed E-state index contributed by atoms with van der Waals surface area (Å²) >= 11 is 0. The highest BCUT2D eigenvalue weighted by molar-refractivity contribution is 7.90. The van der Waals surface area contributed by atoms with Gasteiger partial charge in [-0.1, -0.05) is 13.0 Å². The Kier molecular flexibility index (Phi) is 6.29. The molecule has 18 heavy (non-hydrogen) atoms. The summed E-state index contributed by atoms with van der Waals surface area (Å²) in [5, 5.41) is 3.41. The summed E-state index contributed by atoms with van der Waals surface area (Å²) in [7, 11) is -2.87. The van der Waals surface area contributed by atoms with E-state index >= 15 is 0 Å². The molecule has 1 aromatic heterocycles. The molecule has 0 saturated carbocycles. The number of rotatable bonds is 8. The topological polar surface area (TPSA) is 59.1 Å². The molecule has 1 heterocycles. The maximum absolute atomic E-state index is 11.1. The zero-order valence-electron chi connectivity index (χ0n) is 11.1. The SMILES string of the molecule is CCCNC(CCCS(C)(=O)=O)c1ccccn1. The van der Waals surface area contributed by atoms with E-state index in [1.165, 1.54) is 6.26 Å². The lowest BCUT2D eigenvalue weighted by Crippen LogP contribution is -2.23. The van der Waals surface area contributed by atoms with Gasteiger partial charge in [0.15, 0.2) is 0 Å². The van der Waals surface area contributed by atoms with Crippen LogP contribution in [0.1, 0.15) is 37.9 Å². The van der Waals surface area contributed by atoms with E-state index in [1.807, 2.05) is 18.2 Å². The zero-order chi connectivity index (χ0) is 13.4. The molecule has 1 N–H and O–H groups in total. The third-order valence-corrected chi connectivity index (χ3v) is 3.72. The molecule has 1 rings (SSSR count). The summed E-state index contributed by atoms with van der Waals surface area (Å²) in [4.78, 5) is 4.34. The number of hydrogen-bond acceptors (Lipinski definition) is 4. The number of nitrogens with one attached hydrogen (secondary N) is 1. The molecule has 0 spiro atoms. The minimum atomic E-state index is -2.87. The molecule has 102 valence electrons. The van der Waals surface area contributed by atoms with Gasteiger partial charge in [-0.05, 0) is 37.9 Å². The second-order valence-corrected chi connectivity index (χ2v) is 6.79. The largest absolute Gasteiger partial charge is 0.309 e. The fourth-order valence-electron chi connectivity index (χ4n) is 1.80. The van der Waals surface area contributed by atoms with Crippen LogP contribution in [0.15, 0.2) is 24.4 Å². The van der Waals surface area contributed by atoms with Gasteiger partial charge in [0, 0.05) is 24.2 Å². The molecule has 0 fully saturated rings. The molecule has 0 aliphatic rings. The summed E-state index contributed by atoms with van der Waals surface area (Å²) in [6.07, 6.45) is 5.56. The number of nitrogens with zero attached hydrogens (tertiary/aromatic N) is 1. The molecular formula is C13H22N2O2S. The molecule has 1 unspecified atom stereocenters. The molecule has 5 heteroatoms. The molecule has 4 nitrogen and oxygen atoms in total. The first kappa shape index (κ1) is 15.1. The molecule has 0 radical (unpaired) electrons. The quantitative estimate of drug-likeness (QED) is 0.784. The molecule has 1 aromatic rings.